The van der Waals surface area contributed by atoms with Crippen LogP contribution in [0.2, 0.25) is 0 Å². The van der Waals surface area contributed by atoms with Crippen LogP contribution >= 0.6 is 0 Å². The summed E-state index contributed by atoms with van der Waals surface area (Å²) in [7, 11) is 3.03. The number of hydrogen-bond acceptors (Lipinski definition) is 5. The van der Waals surface area contributed by atoms with Gasteiger partial charge in [0.05, 0.1) is 14.2 Å². The number of carbonyl (C=O) groups excluding carboxylic acids is 1. The molecule has 0 saturated carbocycles. The van der Waals surface area contributed by atoms with Gasteiger partial charge in [0, 0.05) is 12.3 Å². The van der Waals surface area contributed by atoms with Crippen molar-refractivity contribution in [1.82, 2.24) is 5.32 Å². The fourth-order valence-electron chi connectivity index (χ4n) is 4.43. The SMILES string of the molecule is COc1ccc(C[C@@](C)(NC(=O)OCC2c3ccccc3-c3ccccc32)C(=O)O)cc1OC. The van der Waals surface area contributed by atoms with Gasteiger partial charge in [0.2, 0.25) is 0 Å². The van der Waals surface area contributed by atoms with Crippen LogP contribution in [0.15, 0.2) is 66.7 Å². The smallest absolute Gasteiger partial charge is 0.408 e. The van der Waals surface area contributed by atoms with Crippen LogP contribution in [-0.4, -0.2) is 43.5 Å². The van der Waals surface area contributed by atoms with E-state index in [0.29, 0.717) is 17.1 Å². The van der Waals surface area contributed by atoms with Gasteiger partial charge in [-0.15, -0.1) is 0 Å². The Labute approximate surface area is 198 Å². The van der Waals surface area contributed by atoms with Gasteiger partial charge < -0.3 is 24.6 Å². The highest BCUT2D eigenvalue weighted by Gasteiger charge is 2.37. The Morgan fingerprint density at radius 3 is 2.06 bits per heavy atom. The molecular weight excluding hydrogens is 434 g/mol. The molecule has 3 aromatic carbocycles. The van der Waals surface area contributed by atoms with Crippen molar-refractivity contribution in [3.63, 3.8) is 0 Å². The molecule has 0 aromatic heterocycles. The van der Waals surface area contributed by atoms with Crippen LogP contribution in [0, 0.1) is 0 Å². The maximum absolute atomic E-state index is 12.7. The summed E-state index contributed by atoms with van der Waals surface area (Å²) in [5.41, 5.74) is 3.50. The van der Waals surface area contributed by atoms with Crippen molar-refractivity contribution < 1.29 is 28.9 Å². The van der Waals surface area contributed by atoms with Crippen molar-refractivity contribution in [1.29, 1.82) is 0 Å². The minimum Gasteiger partial charge on any atom is -0.493 e. The number of carboxylic acid groups (broad SMARTS) is 1. The van der Waals surface area contributed by atoms with Gasteiger partial charge in [-0.3, -0.25) is 0 Å². The Morgan fingerprint density at radius 2 is 1.50 bits per heavy atom. The lowest BCUT2D eigenvalue weighted by molar-refractivity contribution is -0.143. The lowest BCUT2D eigenvalue weighted by atomic mass is 9.93. The van der Waals surface area contributed by atoms with Crippen molar-refractivity contribution in [3.8, 4) is 22.6 Å². The first-order chi connectivity index (χ1) is 16.4. The van der Waals surface area contributed by atoms with Crippen LogP contribution in [0.3, 0.4) is 0 Å². The number of nitrogens with one attached hydrogen (secondary N) is 1. The molecule has 1 aliphatic rings. The van der Waals surface area contributed by atoms with Crippen LogP contribution < -0.4 is 14.8 Å². The van der Waals surface area contributed by atoms with Crippen molar-refractivity contribution >= 4 is 12.1 Å². The molecule has 1 aliphatic carbocycles. The lowest BCUT2D eigenvalue weighted by Crippen LogP contribution is -2.54. The van der Waals surface area contributed by atoms with Crippen molar-refractivity contribution in [3.05, 3.63) is 83.4 Å². The van der Waals surface area contributed by atoms with Crippen LogP contribution in [0.5, 0.6) is 11.5 Å². The van der Waals surface area contributed by atoms with E-state index in [1.807, 2.05) is 36.4 Å². The summed E-state index contributed by atoms with van der Waals surface area (Å²) in [6.07, 6.45) is -0.750. The molecule has 1 amide bonds. The number of carbonyl (C=O) groups is 2. The van der Waals surface area contributed by atoms with Gasteiger partial charge in [-0.25, -0.2) is 9.59 Å². The molecule has 0 fully saturated rings. The summed E-state index contributed by atoms with van der Waals surface area (Å²) < 4.78 is 16.1. The number of methoxy groups -OCH3 is 2. The summed E-state index contributed by atoms with van der Waals surface area (Å²) in [6, 6.07) is 21.2. The Bertz CT molecular complexity index is 1180. The first-order valence-electron chi connectivity index (χ1n) is 10.9. The zero-order valence-corrected chi connectivity index (χ0v) is 19.3. The molecule has 0 heterocycles. The summed E-state index contributed by atoms with van der Waals surface area (Å²) in [5, 5.41) is 12.4. The van der Waals surface area contributed by atoms with Gasteiger partial charge in [0.25, 0.3) is 0 Å². The molecule has 2 N–H and O–H groups in total. The Kier molecular flexibility index (Phi) is 6.45. The molecule has 1 atom stereocenters. The van der Waals surface area contributed by atoms with Crippen molar-refractivity contribution in [2.45, 2.75) is 24.8 Å². The summed E-state index contributed by atoms with van der Waals surface area (Å²) in [6.45, 7) is 1.55. The van der Waals surface area contributed by atoms with E-state index in [-0.39, 0.29) is 18.9 Å². The highest BCUT2D eigenvalue weighted by Crippen LogP contribution is 2.44. The normalized spacial score (nSPS) is 13.9. The topological polar surface area (TPSA) is 94.1 Å². The molecule has 34 heavy (non-hydrogen) atoms. The largest absolute Gasteiger partial charge is 0.493 e. The molecule has 176 valence electrons. The van der Waals surface area contributed by atoms with E-state index in [0.717, 1.165) is 22.3 Å². The Morgan fingerprint density at radius 1 is 0.912 bits per heavy atom. The van der Waals surface area contributed by atoms with Crippen molar-refractivity contribution in [2.24, 2.45) is 0 Å². The van der Waals surface area contributed by atoms with Gasteiger partial charge in [0.1, 0.15) is 12.1 Å². The quantitative estimate of drug-likeness (QED) is 0.508. The number of aliphatic carboxylic acids is 1. The standard InChI is InChI=1S/C27H27NO6/c1-27(25(29)30,15-17-12-13-23(32-2)24(14-17)33-3)28-26(31)34-16-22-20-10-6-4-8-18(20)19-9-5-7-11-21(19)22/h4-14,22H,15-16H2,1-3H3,(H,28,31)(H,29,30)/t27-/m1/s1. The zero-order chi connectivity index (χ0) is 24.3. The molecule has 0 unspecified atom stereocenters. The van der Waals surface area contributed by atoms with Crippen LogP contribution in [0.25, 0.3) is 11.1 Å². The number of ether oxygens (including phenoxy) is 3. The molecular formula is C27H27NO6. The molecule has 0 radical (unpaired) electrons. The fourth-order valence-corrected chi connectivity index (χ4v) is 4.43. The third-order valence-electron chi connectivity index (χ3n) is 6.20. The minimum atomic E-state index is -1.58. The number of rotatable bonds is 8. The van der Waals surface area contributed by atoms with E-state index in [9.17, 15) is 14.7 Å². The van der Waals surface area contributed by atoms with E-state index in [4.69, 9.17) is 14.2 Å². The minimum absolute atomic E-state index is 0.0346. The van der Waals surface area contributed by atoms with Crippen LogP contribution in [0.4, 0.5) is 4.79 Å². The first-order valence-corrected chi connectivity index (χ1v) is 10.9. The number of alkyl carbamates (subject to hydrolysis) is 1. The van der Waals surface area contributed by atoms with Crippen LogP contribution in [0.1, 0.15) is 29.5 Å². The molecule has 4 rings (SSSR count). The number of benzene rings is 3. The van der Waals surface area contributed by atoms with E-state index in [1.165, 1.54) is 21.1 Å². The summed E-state index contributed by atoms with van der Waals surface area (Å²) >= 11 is 0. The van der Waals surface area contributed by atoms with E-state index < -0.39 is 17.6 Å². The van der Waals surface area contributed by atoms with Crippen LogP contribution in [-0.2, 0) is 16.0 Å². The third-order valence-corrected chi connectivity index (χ3v) is 6.20. The zero-order valence-electron chi connectivity index (χ0n) is 19.3. The van der Waals surface area contributed by atoms with Gasteiger partial charge >= 0.3 is 12.1 Å². The summed E-state index contributed by atoms with van der Waals surface area (Å²) in [4.78, 5) is 24.8. The second-order valence-corrected chi connectivity index (χ2v) is 8.45. The summed E-state index contributed by atoms with van der Waals surface area (Å²) in [5.74, 6) is -0.266. The molecule has 0 bridgehead atoms. The van der Waals surface area contributed by atoms with Gasteiger partial charge in [-0.2, -0.15) is 0 Å². The second-order valence-electron chi connectivity index (χ2n) is 8.45. The highest BCUT2D eigenvalue weighted by atomic mass is 16.5. The Hall–Kier alpha value is -4.00. The predicted octanol–water partition coefficient (Wildman–Crippen LogP) is 4.63. The number of amides is 1. The lowest BCUT2D eigenvalue weighted by Gasteiger charge is -2.26. The first kappa shape index (κ1) is 23.2. The number of hydrogen-bond donors (Lipinski definition) is 2. The molecule has 0 aliphatic heterocycles. The van der Waals surface area contributed by atoms with Gasteiger partial charge in [-0.1, -0.05) is 54.6 Å². The molecule has 3 aromatic rings. The average molecular weight is 462 g/mol. The number of fused-ring (bicyclic) bond motifs is 3. The third kappa shape index (κ3) is 4.41. The monoisotopic (exact) mass is 461 g/mol. The fraction of sp³-hybridized carbons (Fsp3) is 0.259. The van der Waals surface area contributed by atoms with E-state index in [1.54, 1.807) is 18.2 Å². The molecule has 0 spiro atoms. The van der Waals surface area contributed by atoms with E-state index >= 15 is 0 Å². The van der Waals surface area contributed by atoms with E-state index in [2.05, 4.69) is 17.4 Å². The Balaban J connectivity index is 1.47. The van der Waals surface area contributed by atoms with Gasteiger partial charge in [0.15, 0.2) is 11.5 Å². The molecule has 0 saturated heterocycles. The highest BCUT2D eigenvalue weighted by molar-refractivity contribution is 5.84. The maximum Gasteiger partial charge on any atom is 0.408 e. The van der Waals surface area contributed by atoms with Crippen molar-refractivity contribution in [2.75, 3.05) is 20.8 Å². The predicted molar refractivity (Wildman–Crippen MR) is 127 cm³/mol. The van der Waals surface area contributed by atoms with Gasteiger partial charge in [-0.05, 0) is 46.9 Å². The second kappa shape index (κ2) is 9.47. The molecule has 7 nitrogen and oxygen atoms in total. The molecule has 7 heteroatoms. The number of carboxylic acids is 1. The average Bonchev–Trinajstić information content (AvgIpc) is 3.16. The maximum atomic E-state index is 12.7.